The number of carbonyl (C=O) groups is 2. The molecule has 1 heterocycles. The Morgan fingerprint density at radius 3 is 2.79 bits per heavy atom. The molecule has 0 aromatic carbocycles. The lowest BCUT2D eigenvalue weighted by Gasteiger charge is -2.47. The number of ketones is 1. The van der Waals surface area contributed by atoms with E-state index in [1.165, 1.54) is 0 Å². The van der Waals surface area contributed by atoms with Crippen molar-refractivity contribution in [3.63, 3.8) is 0 Å². The van der Waals surface area contributed by atoms with Crippen LogP contribution in [0.3, 0.4) is 0 Å². The average Bonchev–Trinajstić information content (AvgIpc) is 2.63. The lowest BCUT2D eigenvalue weighted by Crippen LogP contribution is -2.49. The van der Waals surface area contributed by atoms with Crippen LogP contribution in [-0.2, 0) is 14.3 Å². The maximum Gasteiger partial charge on any atom is 0.334 e. The summed E-state index contributed by atoms with van der Waals surface area (Å²) in [6, 6.07) is 0. The van der Waals surface area contributed by atoms with E-state index in [0.29, 0.717) is 11.1 Å². The van der Waals surface area contributed by atoms with Crippen LogP contribution < -0.4 is 0 Å². The van der Waals surface area contributed by atoms with E-state index in [1.807, 2.05) is 6.92 Å². The Balaban J connectivity index is 2.14. The van der Waals surface area contributed by atoms with E-state index in [2.05, 4.69) is 6.58 Å². The van der Waals surface area contributed by atoms with Gasteiger partial charge in [-0.15, -0.1) is 0 Å². The van der Waals surface area contributed by atoms with Gasteiger partial charge in [0, 0.05) is 23.3 Å². The molecule has 4 atom stereocenters. The molecule has 3 rings (SSSR count). The van der Waals surface area contributed by atoms with Crippen molar-refractivity contribution in [2.45, 2.75) is 45.3 Å². The molecule has 0 bridgehead atoms. The van der Waals surface area contributed by atoms with Gasteiger partial charge in [0.15, 0.2) is 5.78 Å². The molecule has 0 aromatic rings. The van der Waals surface area contributed by atoms with Crippen LogP contribution in [0.15, 0.2) is 23.3 Å². The predicted molar refractivity (Wildman–Crippen MR) is 68.2 cm³/mol. The largest absolute Gasteiger partial charge is 0.454 e. The van der Waals surface area contributed by atoms with Crippen LogP contribution in [0.25, 0.3) is 0 Å². The summed E-state index contributed by atoms with van der Waals surface area (Å²) in [7, 11) is 0. The van der Waals surface area contributed by atoms with Gasteiger partial charge < -0.3 is 9.84 Å². The smallest absolute Gasteiger partial charge is 0.334 e. The van der Waals surface area contributed by atoms with Gasteiger partial charge in [0.1, 0.15) is 6.10 Å². The Morgan fingerprint density at radius 2 is 2.11 bits per heavy atom. The molecule has 0 spiro atoms. The van der Waals surface area contributed by atoms with Crippen LogP contribution >= 0.6 is 0 Å². The second kappa shape index (κ2) is 3.79. The van der Waals surface area contributed by atoms with Crippen molar-refractivity contribution in [3.05, 3.63) is 23.3 Å². The average molecular weight is 262 g/mol. The third-order valence-electron chi connectivity index (χ3n) is 5.12. The maximum atomic E-state index is 12.0. The van der Waals surface area contributed by atoms with Crippen LogP contribution in [0.4, 0.5) is 0 Å². The van der Waals surface area contributed by atoms with Gasteiger partial charge in [-0.25, -0.2) is 4.79 Å². The number of esters is 1. The molecule has 4 heteroatoms. The highest BCUT2D eigenvalue weighted by Gasteiger charge is 2.55. The highest BCUT2D eigenvalue weighted by atomic mass is 16.6. The van der Waals surface area contributed by atoms with Gasteiger partial charge >= 0.3 is 5.97 Å². The van der Waals surface area contributed by atoms with E-state index in [4.69, 9.17) is 4.74 Å². The number of allylic oxidation sites excluding steroid dienone is 1. The maximum absolute atomic E-state index is 12.0. The van der Waals surface area contributed by atoms with Crippen molar-refractivity contribution in [2.24, 2.45) is 11.3 Å². The molecular weight excluding hydrogens is 244 g/mol. The van der Waals surface area contributed by atoms with E-state index in [0.717, 1.165) is 18.4 Å². The van der Waals surface area contributed by atoms with Crippen molar-refractivity contribution >= 4 is 11.8 Å². The van der Waals surface area contributed by atoms with Crippen LogP contribution in [0, 0.1) is 11.3 Å². The predicted octanol–water partition coefficient (Wildman–Crippen LogP) is 1.53. The van der Waals surface area contributed by atoms with E-state index < -0.39 is 17.6 Å². The van der Waals surface area contributed by atoms with Crippen molar-refractivity contribution in [2.75, 3.05) is 0 Å². The van der Waals surface area contributed by atoms with E-state index in [9.17, 15) is 14.7 Å². The summed E-state index contributed by atoms with van der Waals surface area (Å²) in [5, 5.41) is 10.3. The molecule has 102 valence electrons. The monoisotopic (exact) mass is 262 g/mol. The first-order valence-corrected chi connectivity index (χ1v) is 6.68. The zero-order chi connectivity index (χ0) is 13.9. The number of hydrogen-bond donors (Lipinski definition) is 1. The lowest BCUT2D eigenvalue weighted by atomic mass is 9.58. The number of carbonyl (C=O) groups excluding carboxylic acids is 2. The van der Waals surface area contributed by atoms with Crippen LogP contribution in [0.1, 0.15) is 33.1 Å². The van der Waals surface area contributed by atoms with Gasteiger partial charge in [-0.1, -0.05) is 13.5 Å². The molecule has 0 radical (unpaired) electrons. The number of rotatable bonds is 0. The highest BCUT2D eigenvalue weighted by molar-refractivity contribution is 5.98. The summed E-state index contributed by atoms with van der Waals surface area (Å²) < 4.78 is 5.42. The number of Topliss-reactive ketones (excluding diaryl/α,β-unsaturated/α-hetero) is 1. The zero-order valence-corrected chi connectivity index (χ0v) is 11.2. The molecule has 0 aromatic heterocycles. The van der Waals surface area contributed by atoms with Crippen molar-refractivity contribution in [3.8, 4) is 0 Å². The molecule has 0 unspecified atom stereocenters. The summed E-state index contributed by atoms with van der Waals surface area (Å²) in [4.78, 5) is 23.7. The Hall–Kier alpha value is -1.42. The Morgan fingerprint density at radius 1 is 1.42 bits per heavy atom. The standard InChI is InChI=1S/C15H18O4/c1-7-9-4-5-15(3)11(17)6-10(16)8(2)12(15)13(9)19-14(7)18/h9,11,13,17H,1,4-6H2,2-3H3/t9-,11+,13-,15-/m0/s1. The minimum absolute atomic E-state index is 0.0383. The normalized spacial score (nSPS) is 42.1. The second-order valence-electron chi connectivity index (χ2n) is 6.10. The van der Waals surface area contributed by atoms with Crippen LogP contribution in [-0.4, -0.2) is 29.1 Å². The summed E-state index contributed by atoms with van der Waals surface area (Å²) >= 11 is 0. The van der Waals surface area contributed by atoms with Crippen molar-refractivity contribution in [1.29, 1.82) is 0 Å². The van der Waals surface area contributed by atoms with Crippen LogP contribution in [0.2, 0.25) is 0 Å². The molecule has 4 nitrogen and oxygen atoms in total. The summed E-state index contributed by atoms with van der Waals surface area (Å²) in [6.07, 6.45) is 0.599. The van der Waals surface area contributed by atoms with Crippen molar-refractivity contribution in [1.82, 2.24) is 0 Å². The minimum Gasteiger partial charge on any atom is -0.454 e. The zero-order valence-electron chi connectivity index (χ0n) is 11.2. The summed E-state index contributed by atoms with van der Waals surface area (Å²) in [6.45, 7) is 7.54. The first-order valence-electron chi connectivity index (χ1n) is 6.68. The fourth-order valence-electron chi connectivity index (χ4n) is 3.80. The third kappa shape index (κ3) is 1.49. The van der Waals surface area contributed by atoms with E-state index >= 15 is 0 Å². The summed E-state index contributed by atoms with van der Waals surface area (Å²) in [5.41, 5.74) is 1.52. The highest BCUT2D eigenvalue weighted by Crippen LogP contribution is 2.54. The number of fused-ring (bicyclic) bond motifs is 3. The first kappa shape index (κ1) is 12.6. The summed E-state index contributed by atoms with van der Waals surface area (Å²) in [5.74, 6) is -0.454. The molecule has 3 aliphatic rings. The Kier molecular flexibility index (Phi) is 2.52. The number of hydrogen-bond acceptors (Lipinski definition) is 4. The van der Waals surface area contributed by atoms with Gasteiger partial charge in [-0.05, 0) is 30.9 Å². The Bertz CT molecular complexity index is 530. The SMILES string of the molecule is C=C1C(=O)O[C@@H]2C3=C(C)C(=O)C[C@@H](O)[C@]3(C)CC[C@@H]12. The van der Waals surface area contributed by atoms with Crippen molar-refractivity contribution < 1.29 is 19.4 Å². The molecule has 2 aliphatic carbocycles. The van der Waals surface area contributed by atoms with Gasteiger partial charge in [0.2, 0.25) is 0 Å². The molecule has 2 fully saturated rings. The van der Waals surface area contributed by atoms with Gasteiger partial charge in [0.25, 0.3) is 0 Å². The molecule has 1 saturated carbocycles. The van der Waals surface area contributed by atoms with E-state index in [-0.39, 0.29) is 24.1 Å². The minimum atomic E-state index is -0.688. The molecule has 1 saturated heterocycles. The second-order valence-corrected chi connectivity index (χ2v) is 6.10. The molecular formula is C15H18O4. The van der Waals surface area contributed by atoms with Gasteiger partial charge in [-0.2, -0.15) is 0 Å². The molecule has 1 aliphatic heterocycles. The first-order chi connectivity index (χ1) is 8.86. The molecule has 0 amide bonds. The lowest BCUT2D eigenvalue weighted by molar-refractivity contribution is -0.140. The van der Waals surface area contributed by atoms with Gasteiger partial charge in [-0.3, -0.25) is 4.79 Å². The van der Waals surface area contributed by atoms with Gasteiger partial charge in [0.05, 0.1) is 6.10 Å². The third-order valence-corrected chi connectivity index (χ3v) is 5.12. The topological polar surface area (TPSA) is 63.6 Å². The van der Waals surface area contributed by atoms with E-state index in [1.54, 1.807) is 6.92 Å². The number of aliphatic hydroxyl groups is 1. The quantitative estimate of drug-likeness (QED) is 0.531. The van der Waals surface area contributed by atoms with Crippen LogP contribution in [0.5, 0.6) is 0 Å². The Labute approximate surface area is 112 Å². The number of ether oxygens (including phenoxy) is 1. The fraction of sp³-hybridized carbons (Fsp3) is 0.600. The molecule has 19 heavy (non-hydrogen) atoms. The molecule has 1 N–H and O–H groups in total. The number of aliphatic hydroxyl groups excluding tert-OH is 1. The fourth-order valence-corrected chi connectivity index (χ4v) is 3.80.